The second-order valence-corrected chi connectivity index (χ2v) is 8.63. The molecule has 0 spiro atoms. The number of fused-ring (bicyclic) bond motifs is 1. The average molecular weight is 443 g/mol. The molecule has 1 heterocycles. The number of hydrogen-bond acceptors (Lipinski definition) is 5. The summed E-state index contributed by atoms with van der Waals surface area (Å²) in [5, 5.41) is 5.23. The highest BCUT2D eigenvalue weighted by molar-refractivity contribution is 7.89. The van der Waals surface area contributed by atoms with Gasteiger partial charge < -0.3 is 15.4 Å². The molecule has 30 heavy (non-hydrogen) atoms. The lowest BCUT2D eigenvalue weighted by Crippen LogP contribution is -2.45. The minimum absolute atomic E-state index is 0.0154. The van der Waals surface area contributed by atoms with E-state index in [2.05, 4.69) is 15.4 Å². The second kappa shape index (κ2) is 8.62. The van der Waals surface area contributed by atoms with Gasteiger partial charge in [0.25, 0.3) is 5.91 Å². The SMILES string of the molecule is CC(C)OCCC1Nc2ccc(C(=O)Nc3cc(F)c(F)c(F)c3)cc2S(=O)(=O)N1. The zero-order valence-electron chi connectivity index (χ0n) is 16.1. The van der Waals surface area contributed by atoms with Crippen LogP contribution in [0.5, 0.6) is 0 Å². The minimum atomic E-state index is -3.91. The normalized spacial score (nSPS) is 17.3. The number of carbonyl (C=O) groups excluding carboxylic acids is 1. The van der Waals surface area contributed by atoms with E-state index < -0.39 is 39.5 Å². The van der Waals surface area contributed by atoms with E-state index in [0.29, 0.717) is 30.8 Å². The lowest BCUT2D eigenvalue weighted by Gasteiger charge is -2.28. The van der Waals surface area contributed by atoms with Crippen molar-refractivity contribution in [3.05, 3.63) is 53.3 Å². The van der Waals surface area contributed by atoms with Gasteiger partial charge in [0, 0.05) is 29.8 Å². The van der Waals surface area contributed by atoms with Gasteiger partial charge in [-0.2, -0.15) is 4.72 Å². The Bertz CT molecular complexity index is 1050. The third kappa shape index (κ3) is 4.91. The predicted molar refractivity (Wildman–Crippen MR) is 104 cm³/mol. The molecule has 1 atom stereocenters. The summed E-state index contributed by atoms with van der Waals surface area (Å²) in [5.41, 5.74) is -0.0650. The topological polar surface area (TPSA) is 96.5 Å². The molecule has 2 aromatic carbocycles. The maximum absolute atomic E-state index is 13.3. The van der Waals surface area contributed by atoms with Gasteiger partial charge in [-0.15, -0.1) is 0 Å². The Hall–Kier alpha value is -2.63. The van der Waals surface area contributed by atoms with Gasteiger partial charge in [0.1, 0.15) is 4.90 Å². The van der Waals surface area contributed by atoms with E-state index in [1.165, 1.54) is 12.1 Å². The average Bonchev–Trinajstić information content (AvgIpc) is 2.65. The van der Waals surface area contributed by atoms with Crippen molar-refractivity contribution in [3.63, 3.8) is 0 Å². The van der Waals surface area contributed by atoms with Gasteiger partial charge >= 0.3 is 0 Å². The summed E-state index contributed by atoms with van der Waals surface area (Å²) >= 11 is 0. The highest BCUT2D eigenvalue weighted by Crippen LogP contribution is 2.28. The first-order valence-electron chi connectivity index (χ1n) is 9.07. The largest absolute Gasteiger partial charge is 0.379 e. The van der Waals surface area contributed by atoms with Gasteiger partial charge in [-0.05, 0) is 32.0 Å². The van der Waals surface area contributed by atoms with Crippen molar-refractivity contribution in [1.82, 2.24) is 4.72 Å². The van der Waals surface area contributed by atoms with Crippen LogP contribution in [0.2, 0.25) is 0 Å². The minimum Gasteiger partial charge on any atom is -0.379 e. The molecule has 1 aliphatic rings. The molecule has 3 N–H and O–H groups in total. The third-order valence-corrected chi connectivity index (χ3v) is 5.77. The highest BCUT2D eigenvalue weighted by Gasteiger charge is 2.30. The fraction of sp³-hybridized carbons (Fsp3) is 0.316. The fourth-order valence-electron chi connectivity index (χ4n) is 2.86. The first-order valence-corrected chi connectivity index (χ1v) is 10.6. The van der Waals surface area contributed by atoms with Crippen LogP contribution in [0.1, 0.15) is 30.6 Å². The molecular weight excluding hydrogens is 423 g/mol. The molecular formula is C19H20F3N3O4S. The molecule has 11 heteroatoms. The first-order chi connectivity index (χ1) is 14.1. The second-order valence-electron chi connectivity index (χ2n) is 6.95. The number of nitrogens with one attached hydrogen (secondary N) is 3. The zero-order chi connectivity index (χ0) is 22.1. The molecule has 0 bridgehead atoms. The Morgan fingerprint density at radius 2 is 1.83 bits per heavy atom. The summed E-state index contributed by atoms with van der Waals surface area (Å²) in [6.45, 7) is 4.09. The Morgan fingerprint density at radius 3 is 2.47 bits per heavy atom. The molecule has 0 saturated heterocycles. The maximum atomic E-state index is 13.3. The van der Waals surface area contributed by atoms with Crippen LogP contribution < -0.4 is 15.4 Å². The fourth-order valence-corrected chi connectivity index (χ4v) is 4.23. The Labute approximate surface area is 171 Å². The van der Waals surface area contributed by atoms with Crippen LogP contribution in [0, 0.1) is 17.5 Å². The van der Waals surface area contributed by atoms with Crippen LogP contribution in [0.4, 0.5) is 24.5 Å². The van der Waals surface area contributed by atoms with E-state index in [1.54, 1.807) is 0 Å². The summed E-state index contributed by atoms with van der Waals surface area (Å²) < 4.78 is 72.7. The van der Waals surface area contributed by atoms with Crippen LogP contribution in [-0.2, 0) is 14.8 Å². The number of anilines is 2. The lowest BCUT2D eigenvalue weighted by atomic mass is 10.1. The molecule has 1 amide bonds. The molecule has 1 unspecified atom stereocenters. The Morgan fingerprint density at radius 1 is 1.17 bits per heavy atom. The predicted octanol–water partition coefficient (Wildman–Crippen LogP) is 3.20. The van der Waals surface area contributed by atoms with Gasteiger partial charge in [0.05, 0.1) is 24.6 Å². The molecule has 0 saturated carbocycles. The molecule has 3 rings (SSSR count). The summed E-state index contributed by atoms with van der Waals surface area (Å²) in [7, 11) is -3.91. The van der Waals surface area contributed by atoms with Crippen LogP contribution in [0.3, 0.4) is 0 Å². The number of hydrogen-bond donors (Lipinski definition) is 3. The molecule has 0 aromatic heterocycles. The van der Waals surface area contributed by atoms with E-state index in [4.69, 9.17) is 4.74 Å². The van der Waals surface area contributed by atoms with Crippen molar-refractivity contribution < 1.29 is 31.1 Å². The van der Waals surface area contributed by atoms with Crippen molar-refractivity contribution in [3.8, 4) is 0 Å². The van der Waals surface area contributed by atoms with E-state index >= 15 is 0 Å². The molecule has 162 valence electrons. The first kappa shape index (κ1) is 22.1. The third-order valence-electron chi connectivity index (χ3n) is 4.26. The number of sulfonamides is 1. The van der Waals surface area contributed by atoms with Crippen LogP contribution in [0.15, 0.2) is 35.2 Å². The van der Waals surface area contributed by atoms with Crippen molar-refractivity contribution in [2.45, 2.75) is 37.4 Å². The standard InChI is InChI=1S/C19H20F3N3O4S/c1-10(2)29-6-5-17-24-15-4-3-11(7-16(15)30(27,28)25-17)19(26)23-12-8-13(20)18(22)14(21)9-12/h3-4,7-10,17,24-25H,5-6H2,1-2H3,(H,23,26). The summed E-state index contributed by atoms with van der Waals surface area (Å²) in [6.07, 6.45) is -0.173. The van der Waals surface area contributed by atoms with Gasteiger partial charge in [0.15, 0.2) is 17.5 Å². The monoisotopic (exact) mass is 443 g/mol. The van der Waals surface area contributed by atoms with Crippen LogP contribution >= 0.6 is 0 Å². The number of ether oxygens (including phenoxy) is 1. The van der Waals surface area contributed by atoms with Crippen molar-refractivity contribution in [2.75, 3.05) is 17.2 Å². The zero-order valence-corrected chi connectivity index (χ0v) is 16.9. The molecule has 0 radical (unpaired) electrons. The van der Waals surface area contributed by atoms with Gasteiger partial charge in [0.2, 0.25) is 10.0 Å². The smallest absolute Gasteiger partial charge is 0.255 e. The maximum Gasteiger partial charge on any atom is 0.255 e. The summed E-state index contributed by atoms with van der Waals surface area (Å²) in [4.78, 5) is 12.2. The number of benzene rings is 2. The van der Waals surface area contributed by atoms with Crippen LogP contribution in [0.25, 0.3) is 0 Å². The van der Waals surface area contributed by atoms with Crippen LogP contribution in [-0.4, -0.2) is 33.2 Å². The lowest BCUT2D eigenvalue weighted by molar-refractivity contribution is 0.0740. The molecule has 1 aliphatic heterocycles. The molecule has 0 aliphatic carbocycles. The molecule has 7 nitrogen and oxygen atoms in total. The highest BCUT2D eigenvalue weighted by atomic mass is 32.2. The number of carbonyl (C=O) groups is 1. The number of rotatable bonds is 6. The van der Waals surface area contributed by atoms with Gasteiger partial charge in [-0.1, -0.05) is 0 Å². The van der Waals surface area contributed by atoms with E-state index in [-0.39, 0.29) is 22.3 Å². The Kier molecular flexibility index (Phi) is 6.34. The molecule has 2 aromatic rings. The summed E-state index contributed by atoms with van der Waals surface area (Å²) in [5.74, 6) is -5.39. The quantitative estimate of drug-likeness (QED) is 0.596. The van der Waals surface area contributed by atoms with E-state index in [0.717, 1.165) is 6.07 Å². The van der Waals surface area contributed by atoms with Gasteiger partial charge in [-0.25, -0.2) is 21.6 Å². The molecule has 0 fully saturated rings. The van der Waals surface area contributed by atoms with Crippen molar-refractivity contribution >= 4 is 27.3 Å². The van der Waals surface area contributed by atoms with E-state index in [9.17, 15) is 26.4 Å². The number of amides is 1. The van der Waals surface area contributed by atoms with Gasteiger partial charge in [-0.3, -0.25) is 4.79 Å². The number of halogens is 3. The Balaban J connectivity index is 1.78. The van der Waals surface area contributed by atoms with E-state index in [1.807, 2.05) is 13.8 Å². The van der Waals surface area contributed by atoms with Crippen molar-refractivity contribution in [1.29, 1.82) is 0 Å². The van der Waals surface area contributed by atoms with Crippen molar-refractivity contribution in [2.24, 2.45) is 0 Å². The summed E-state index contributed by atoms with van der Waals surface area (Å²) in [6, 6.07) is 5.17.